The minimum atomic E-state index is -1.83. The number of hydrogen-bond acceptors (Lipinski definition) is 5. The van der Waals surface area contributed by atoms with Crippen LogP contribution in [0.15, 0.2) is 0 Å². The van der Waals surface area contributed by atoms with Gasteiger partial charge in [0.25, 0.3) is 0 Å². The van der Waals surface area contributed by atoms with Crippen LogP contribution in [0.4, 0.5) is 0 Å². The Kier molecular flexibility index (Phi) is 4.39. The van der Waals surface area contributed by atoms with Crippen LogP contribution in [-0.2, 0) is 4.74 Å². The van der Waals surface area contributed by atoms with Crippen LogP contribution < -0.4 is 0 Å². The Labute approximate surface area is 121 Å². The van der Waals surface area contributed by atoms with Gasteiger partial charge in [-0.2, -0.15) is 0 Å². The first-order chi connectivity index (χ1) is 8.72. The molecular weight excluding hydrogens is 260 g/mol. The van der Waals surface area contributed by atoms with Gasteiger partial charge in [0.2, 0.25) is 0 Å². The van der Waals surface area contributed by atoms with E-state index < -0.39 is 34.6 Å². The maximum atomic E-state index is 10.8. The van der Waals surface area contributed by atoms with E-state index in [4.69, 9.17) is 4.74 Å². The smallest absolute Gasteiger partial charge is 0.124 e. The largest absolute Gasteiger partial charge is 0.390 e. The number of hydrogen-bond donors (Lipinski definition) is 4. The molecule has 1 rings (SSSR count). The van der Waals surface area contributed by atoms with Crippen LogP contribution in [0.25, 0.3) is 0 Å². The third-order valence-electron chi connectivity index (χ3n) is 5.40. The van der Waals surface area contributed by atoms with Crippen LogP contribution >= 0.6 is 0 Å². The summed E-state index contributed by atoms with van der Waals surface area (Å²) in [6.45, 7) is 11.3. The molecule has 0 aromatic heterocycles. The van der Waals surface area contributed by atoms with Crippen molar-refractivity contribution >= 4 is 0 Å². The first-order valence-corrected chi connectivity index (χ1v) is 7.24. The Morgan fingerprint density at radius 3 is 1.75 bits per heavy atom. The molecule has 0 aromatic carbocycles. The molecule has 5 nitrogen and oxygen atoms in total. The third-order valence-corrected chi connectivity index (χ3v) is 5.40. The summed E-state index contributed by atoms with van der Waals surface area (Å²) in [6.07, 6.45) is -1.17. The fourth-order valence-corrected chi connectivity index (χ4v) is 3.03. The summed E-state index contributed by atoms with van der Waals surface area (Å²) in [5, 5.41) is 42.4. The third kappa shape index (κ3) is 2.20. The number of aliphatic hydroxyl groups excluding tert-OH is 1. The van der Waals surface area contributed by atoms with Crippen molar-refractivity contribution in [1.82, 2.24) is 0 Å². The van der Waals surface area contributed by atoms with Crippen LogP contribution in [0.2, 0.25) is 0 Å². The van der Waals surface area contributed by atoms with Crippen LogP contribution in [0.5, 0.6) is 0 Å². The lowest BCUT2D eigenvalue weighted by molar-refractivity contribution is -0.384. The van der Waals surface area contributed by atoms with Crippen molar-refractivity contribution in [2.24, 2.45) is 5.92 Å². The summed E-state index contributed by atoms with van der Waals surface area (Å²) in [5.41, 5.74) is -6.65. The van der Waals surface area contributed by atoms with Crippen molar-refractivity contribution in [3.05, 3.63) is 0 Å². The van der Waals surface area contributed by atoms with Gasteiger partial charge >= 0.3 is 0 Å². The highest BCUT2D eigenvalue weighted by molar-refractivity contribution is 5.21. The molecule has 4 N–H and O–H groups in total. The van der Waals surface area contributed by atoms with Gasteiger partial charge in [0, 0.05) is 0 Å². The minimum Gasteiger partial charge on any atom is -0.390 e. The van der Waals surface area contributed by atoms with Crippen molar-refractivity contribution in [2.75, 3.05) is 0 Å². The summed E-state index contributed by atoms with van der Waals surface area (Å²) < 4.78 is 5.90. The molecule has 1 aliphatic heterocycles. The van der Waals surface area contributed by atoms with Crippen LogP contribution in [0.3, 0.4) is 0 Å². The second-order valence-corrected chi connectivity index (χ2v) is 7.31. The van der Waals surface area contributed by atoms with Gasteiger partial charge in [-0.25, -0.2) is 0 Å². The Morgan fingerprint density at radius 2 is 1.40 bits per heavy atom. The van der Waals surface area contributed by atoms with E-state index >= 15 is 0 Å². The van der Waals surface area contributed by atoms with Crippen LogP contribution in [0, 0.1) is 5.92 Å². The van der Waals surface area contributed by atoms with Crippen LogP contribution in [-0.4, -0.2) is 55.0 Å². The molecule has 1 saturated heterocycles. The van der Waals surface area contributed by atoms with Gasteiger partial charge in [0.05, 0.1) is 12.2 Å². The van der Waals surface area contributed by atoms with E-state index in [9.17, 15) is 20.4 Å². The minimum absolute atomic E-state index is 0.239. The zero-order valence-electron chi connectivity index (χ0n) is 13.6. The average Bonchev–Trinajstić information content (AvgIpc) is 2.24. The predicted octanol–water partition coefficient (Wildman–Crippen LogP) is 0.824. The molecule has 0 amide bonds. The molecule has 20 heavy (non-hydrogen) atoms. The number of aliphatic hydroxyl groups is 4. The van der Waals surface area contributed by atoms with E-state index in [0.29, 0.717) is 6.42 Å². The Morgan fingerprint density at radius 1 is 0.950 bits per heavy atom. The lowest BCUT2D eigenvalue weighted by atomic mass is 9.60. The first kappa shape index (κ1) is 17.9. The molecule has 0 aromatic rings. The van der Waals surface area contributed by atoms with Crippen molar-refractivity contribution in [1.29, 1.82) is 0 Å². The van der Waals surface area contributed by atoms with Crippen molar-refractivity contribution < 1.29 is 25.2 Å². The highest BCUT2D eigenvalue weighted by Gasteiger charge is 2.70. The van der Waals surface area contributed by atoms with Gasteiger partial charge in [0.15, 0.2) is 0 Å². The Hall–Kier alpha value is -0.200. The van der Waals surface area contributed by atoms with Gasteiger partial charge in [0.1, 0.15) is 22.4 Å². The zero-order chi connectivity index (χ0) is 16.1. The summed E-state index contributed by atoms with van der Waals surface area (Å²) in [7, 11) is 0. The summed E-state index contributed by atoms with van der Waals surface area (Å²) in [5.74, 6) is 0.239. The summed E-state index contributed by atoms with van der Waals surface area (Å²) in [4.78, 5) is 0. The molecule has 6 atom stereocenters. The van der Waals surface area contributed by atoms with E-state index in [-0.39, 0.29) is 5.92 Å². The average molecular weight is 290 g/mol. The van der Waals surface area contributed by atoms with Gasteiger partial charge in [-0.3, -0.25) is 0 Å². The van der Waals surface area contributed by atoms with Gasteiger partial charge in [-0.15, -0.1) is 0 Å². The van der Waals surface area contributed by atoms with Crippen molar-refractivity contribution in [2.45, 2.75) is 89.5 Å². The fourth-order valence-electron chi connectivity index (χ4n) is 3.03. The maximum absolute atomic E-state index is 10.8. The molecule has 0 aliphatic carbocycles. The molecule has 6 unspecified atom stereocenters. The molecular formula is C15H30O5. The molecule has 1 aliphatic rings. The molecule has 0 spiro atoms. The standard InChI is InChI=1S/C15H30O5/c1-9(2)8-11-12(4,17)14(6,18)15(7,19)13(5,20-11)10(3)16/h9-11,16-19H,8H2,1-7H3. The molecule has 0 bridgehead atoms. The maximum Gasteiger partial charge on any atom is 0.124 e. The zero-order valence-corrected chi connectivity index (χ0v) is 13.6. The van der Waals surface area contributed by atoms with Crippen LogP contribution in [0.1, 0.15) is 54.9 Å². The number of ether oxygens (including phenoxy) is 1. The van der Waals surface area contributed by atoms with Gasteiger partial charge < -0.3 is 25.2 Å². The van der Waals surface area contributed by atoms with E-state index in [0.717, 1.165) is 0 Å². The molecule has 1 fully saturated rings. The quantitative estimate of drug-likeness (QED) is 0.618. The van der Waals surface area contributed by atoms with E-state index in [1.165, 1.54) is 27.7 Å². The van der Waals surface area contributed by atoms with E-state index in [1.54, 1.807) is 6.92 Å². The molecule has 1 heterocycles. The van der Waals surface area contributed by atoms with Gasteiger partial charge in [-0.05, 0) is 47.0 Å². The SMILES string of the molecule is CC(C)CC1OC(C)(C(C)O)C(C)(O)C(C)(O)C1(C)O. The van der Waals surface area contributed by atoms with E-state index in [2.05, 4.69) is 0 Å². The molecule has 5 heteroatoms. The highest BCUT2D eigenvalue weighted by atomic mass is 16.6. The Balaban J connectivity index is 3.37. The molecule has 0 radical (unpaired) electrons. The molecule has 0 saturated carbocycles. The lowest BCUT2D eigenvalue weighted by Crippen LogP contribution is -2.82. The van der Waals surface area contributed by atoms with Gasteiger partial charge in [-0.1, -0.05) is 13.8 Å². The van der Waals surface area contributed by atoms with Crippen molar-refractivity contribution in [3.63, 3.8) is 0 Å². The second-order valence-electron chi connectivity index (χ2n) is 7.31. The summed E-state index contributed by atoms with van der Waals surface area (Å²) in [6, 6.07) is 0. The topological polar surface area (TPSA) is 90.2 Å². The predicted molar refractivity (Wildman–Crippen MR) is 76.3 cm³/mol. The fraction of sp³-hybridized carbons (Fsp3) is 1.00. The van der Waals surface area contributed by atoms with Crippen molar-refractivity contribution in [3.8, 4) is 0 Å². The lowest BCUT2D eigenvalue weighted by Gasteiger charge is -2.63. The highest BCUT2D eigenvalue weighted by Crippen LogP contribution is 2.51. The number of rotatable bonds is 3. The molecule has 120 valence electrons. The monoisotopic (exact) mass is 290 g/mol. The summed E-state index contributed by atoms with van der Waals surface area (Å²) >= 11 is 0. The Bertz CT molecular complexity index is 353. The normalized spacial score (nSPS) is 51.3. The second kappa shape index (κ2) is 4.92. The van der Waals surface area contributed by atoms with E-state index in [1.807, 2.05) is 13.8 Å². The first-order valence-electron chi connectivity index (χ1n) is 7.24.